The van der Waals surface area contributed by atoms with Crippen molar-refractivity contribution in [2.45, 2.75) is 18.9 Å². The van der Waals surface area contributed by atoms with Gasteiger partial charge in [-0.15, -0.1) is 0 Å². The summed E-state index contributed by atoms with van der Waals surface area (Å²) in [6.07, 6.45) is 6.18. The van der Waals surface area contributed by atoms with Gasteiger partial charge in [0.25, 0.3) is 0 Å². The van der Waals surface area contributed by atoms with Gasteiger partial charge in [-0.3, -0.25) is 4.98 Å². The van der Waals surface area contributed by atoms with E-state index in [2.05, 4.69) is 28.5 Å². The van der Waals surface area contributed by atoms with Crippen LogP contribution >= 0.6 is 0 Å². The zero-order chi connectivity index (χ0) is 11.5. The molecule has 1 fully saturated rings. The Morgan fingerprint density at radius 2 is 2.29 bits per heavy atom. The standard InChI is InChI=1S/C15H15N2/c1-2-7-14(15-8-4-10-17-15)13(6-1)12-5-3-9-16-11-12/h1-3,5-6,9,11,15,17H,4,8,10H2. The van der Waals surface area contributed by atoms with Gasteiger partial charge in [-0.25, -0.2) is 0 Å². The van der Waals surface area contributed by atoms with E-state index in [0.717, 1.165) is 6.54 Å². The van der Waals surface area contributed by atoms with Crippen LogP contribution in [-0.2, 0) is 0 Å². The van der Waals surface area contributed by atoms with Crippen molar-refractivity contribution in [2.75, 3.05) is 6.54 Å². The molecule has 0 amide bonds. The summed E-state index contributed by atoms with van der Waals surface area (Å²) >= 11 is 0. The van der Waals surface area contributed by atoms with E-state index in [-0.39, 0.29) is 0 Å². The lowest BCUT2D eigenvalue weighted by molar-refractivity contribution is 0.648. The van der Waals surface area contributed by atoms with Crippen LogP contribution in [0.5, 0.6) is 0 Å². The maximum atomic E-state index is 4.19. The maximum absolute atomic E-state index is 4.19. The van der Waals surface area contributed by atoms with E-state index in [1.54, 1.807) is 0 Å². The number of aromatic nitrogens is 1. The van der Waals surface area contributed by atoms with Gasteiger partial charge in [-0.2, -0.15) is 0 Å². The maximum Gasteiger partial charge on any atom is 0.0346 e. The highest BCUT2D eigenvalue weighted by atomic mass is 14.9. The Morgan fingerprint density at radius 3 is 3.06 bits per heavy atom. The lowest BCUT2D eigenvalue weighted by Crippen LogP contribution is -2.13. The van der Waals surface area contributed by atoms with E-state index in [1.807, 2.05) is 30.6 Å². The highest BCUT2D eigenvalue weighted by molar-refractivity contribution is 5.66. The molecule has 2 heteroatoms. The molecule has 1 radical (unpaired) electrons. The molecular weight excluding hydrogens is 208 g/mol. The summed E-state index contributed by atoms with van der Waals surface area (Å²) in [5.74, 6) is 0. The molecule has 2 heterocycles. The first-order chi connectivity index (χ1) is 8.45. The van der Waals surface area contributed by atoms with Crippen LogP contribution in [0.25, 0.3) is 11.1 Å². The molecule has 1 aromatic heterocycles. The second kappa shape index (κ2) is 4.68. The molecule has 1 N–H and O–H groups in total. The molecule has 1 aliphatic rings. The molecule has 3 rings (SSSR count). The number of rotatable bonds is 2. The molecule has 85 valence electrons. The fourth-order valence-electron chi connectivity index (χ4n) is 2.44. The van der Waals surface area contributed by atoms with Crippen LogP contribution in [0.3, 0.4) is 0 Å². The Morgan fingerprint density at radius 1 is 1.29 bits per heavy atom. The van der Waals surface area contributed by atoms with Gasteiger partial charge >= 0.3 is 0 Å². The summed E-state index contributed by atoms with van der Waals surface area (Å²) in [6.45, 7) is 1.11. The molecular formula is C15H15N2. The molecule has 2 nitrogen and oxygen atoms in total. The van der Waals surface area contributed by atoms with Crippen LogP contribution in [-0.4, -0.2) is 11.5 Å². The minimum absolute atomic E-state index is 0.450. The summed E-state index contributed by atoms with van der Waals surface area (Å²) in [7, 11) is 0. The molecule has 0 saturated carbocycles. The topological polar surface area (TPSA) is 24.9 Å². The number of benzene rings is 1. The fourth-order valence-corrected chi connectivity index (χ4v) is 2.44. The van der Waals surface area contributed by atoms with Gasteiger partial charge in [0.2, 0.25) is 0 Å². The monoisotopic (exact) mass is 223 g/mol. The van der Waals surface area contributed by atoms with Gasteiger partial charge in [0.15, 0.2) is 0 Å². The number of nitrogens with zero attached hydrogens (tertiary/aromatic N) is 1. The van der Waals surface area contributed by atoms with Gasteiger partial charge in [-0.05, 0) is 42.6 Å². The van der Waals surface area contributed by atoms with Gasteiger partial charge in [0.05, 0.1) is 0 Å². The van der Waals surface area contributed by atoms with Crippen molar-refractivity contribution in [2.24, 2.45) is 0 Å². The van der Waals surface area contributed by atoms with Gasteiger partial charge in [0.1, 0.15) is 0 Å². The van der Waals surface area contributed by atoms with E-state index in [1.165, 1.54) is 29.5 Å². The average Bonchev–Trinajstić information content (AvgIpc) is 2.94. The summed E-state index contributed by atoms with van der Waals surface area (Å²) in [6, 6.07) is 14.1. The number of hydrogen-bond donors (Lipinski definition) is 1. The Hall–Kier alpha value is -1.67. The molecule has 0 aliphatic carbocycles. The molecule has 1 unspecified atom stereocenters. The molecule has 1 atom stereocenters. The third-order valence-electron chi connectivity index (χ3n) is 3.27. The van der Waals surface area contributed by atoms with Crippen molar-refractivity contribution in [1.82, 2.24) is 10.3 Å². The van der Waals surface area contributed by atoms with Crippen molar-refractivity contribution < 1.29 is 0 Å². The third kappa shape index (κ3) is 2.08. The highest BCUT2D eigenvalue weighted by Gasteiger charge is 2.19. The molecule has 0 bridgehead atoms. The van der Waals surface area contributed by atoms with E-state index in [9.17, 15) is 0 Å². The molecule has 1 aromatic carbocycles. The first-order valence-corrected chi connectivity index (χ1v) is 6.09. The average molecular weight is 223 g/mol. The second-order valence-electron chi connectivity index (χ2n) is 4.39. The molecule has 17 heavy (non-hydrogen) atoms. The van der Waals surface area contributed by atoms with Crippen molar-refractivity contribution in [3.05, 3.63) is 54.4 Å². The van der Waals surface area contributed by atoms with Crippen LogP contribution in [0.4, 0.5) is 0 Å². The van der Waals surface area contributed by atoms with Gasteiger partial charge < -0.3 is 5.32 Å². The lowest BCUT2D eigenvalue weighted by Gasteiger charge is -2.15. The molecule has 1 saturated heterocycles. The van der Waals surface area contributed by atoms with Crippen molar-refractivity contribution in [3.8, 4) is 11.1 Å². The van der Waals surface area contributed by atoms with Crippen LogP contribution < -0.4 is 5.32 Å². The zero-order valence-corrected chi connectivity index (χ0v) is 9.69. The van der Waals surface area contributed by atoms with E-state index in [0.29, 0.717) is 6.04 Å². The summed E-state index contributed by atoms with van der Waals surface area (Å²) in [5, 5.41) is 3.53. The Bertz CT molecular complexity index is 487. The van der Waals surface area contributed by atoms with Crippen LogP contribution in [0, 0.1) is 6.07 Å². The second-order valence-corrected chi connectivity index (χ2v) is 4.39. The van der Waals surface area contributed by atoms with Crippen molar-refractivity contribution in [1.29, 1.82) is 0 Å². The first-order valence-electron chi connectivity index (χ1n) is 6.09. The van der Waals surface area contributed by atoms with E-state index < -0.39 is 0 Å². The highest BCUT2D eigenvalue weighted by Crippen LogP contribution is 2.31. The van der Waals surface area contributed by atoms with Gasteiger partial charge in [0, 0.05) is 24.0 Å². The quantitative estimate of drug-likeness (QED) is 0.846. The molecule has 2 aromatic rings. The van der Waals surface area contributed by atoms with Crippen molar-refractivity contribution >= 4 is 0 Å². The summed E-state index contributed by atoms with van der Waals surface area (Å²) in [4.78, 5) is 4.19. The smallest absolute Gasteiger partial charge is 0.0346 e. The minimum atomic E-state index is 0.450. The van der Waals surface area contributed by atoms with Crippen LogP contribution in [0.1, 0.15) is 24.4 Å². The van der Waals surface area contributed by atoms with Crippen LogP contribution in [0.2, 0.25) is 0 Å². The number of nitrogens with one attached hydrogen (secondary N) is 1. The Labute approximate surface area is 102 Å². The summed E-state index contributed by atoms with van der Waals surface area (Å²) < 4.78 is 0. The largest absolute Gasteiger partial charge is 0.310 e. The first kappa shape index (κ1) is 10.5. The molecule has 0 spiro atoms. The zero-order valence-electron chi connectivity index (χ0n) is 9.69. The minimum Gasteiger partial charge on any atom is -0.310 e. The predicted octanol–water partition coefficient (Wildman–Crippen LogP) is 2.97. The SMILES string of the molecule is [c]1cccc(-c2cccnc2)c1C1CCCN1. The van der Waals surface area contributed by atoms with Gasteiger partial charge in [-0.1, -0.05) is 24.3 Å². The van der Waals surface area contributed by atoms with E-state index >= 15 is 0 Å². The molecule has 1 aliphatic heterocycles. The lowest BCUT2D eigenvalue weighted by atomic mass is 9.95. The Balaban J connectivity index is 2.04. The normalized spacial score (nSPS) is 19.4. The van der Waals surface area contributed by atoms with Crippen molar-refractivity contribution in [3.63, 3.8) is 0 Å². The summed E-state index contributed by atoms with van der Waals surface area (Å²) in [5.41, 5.74) is 3.70. The predicted molar refractivity (Wildman–Crippen MR) is 68.5 cm³/mol. The fraction of sp³-hybridized carbons (Fsp3) is 0.267. The van der Waals surface area contributed by atoms with E-state index in [4.69, 9.17) is 0 Å². The van der Waals surface area contributed by atoms with Crippen LogP contribution in [0.15, 0.2) is 42.7 Å². The number of hydrogen-bond acceptors (Lipinski definition) is 2. The third-order valence-corrected chi connectivity index (χ3v) is 3.27. The Kier molecular flexibility index (Phi) is 2.88. The number of pyridine rings is 1.